The Hall–Kier alpha value is -1.33. The minimum Gasteiger partial charge on any atom is -0.444 e. The van der Waals surface area contributed by atoms with Crippen molar-refractivity contribution in [2.45, 2.75) is 64.6 Å². The Morgan fingerprint density at radius 1 is 1.44 bits per heavy atom. The van der Waals surface area contributed by atoms with Crippen LogP contribution in [0.2, 0.25) is 5.02 Å². The highest BCUT2D eigenvalue weighted by Gasteiger charge is 2.30. The van der Waals surface area contributed by atoms with Gasteiger partial charge in [-0.15, -0.1) is 0 Å². The van der Waals surface area contributed by atoms with E-state index in [4.69, 9.17) is 16.3 Å². The minimum absolute atomic E-state index is 0.107. The Kier molecular flexibility index (Phi) is 6.69. The van der Waals surface area contributed by atoms with Crippen LogP contribution in [-0.4, -0.2) is 35.7 Å². The second-order valence-electron chi connectivity index (χ2n) is 7.57. The van der Waals surface area contributed by atoms with E-state index in [1.54, 1.807) is 18.2 Å². The fraction of sp³-hybridized carbons (Fsp3) is 0.632. The summed E-state index contributed by atoms with van der Waals surface area (Å²) in [4.78, 5) is 14.0. The lowest BCUT2D eigenvalue weighted by molar-refractivity contribution is 0.0489. The fourth-order valence-electron chi connectivity index (χ4n) is 3.03. The number of amides is 1. The molecule has 1 aromatic carbocycles. The van der Waals surface area contributed by atoms with Gasteiger partial charge in [0.15, 0.2) is 0 Å². The lowest BCUT2D eigenvalue weighted by atomic mass is 9.89. The average Bonchev–Trinajstić information content (AvgIpc) is 2.44. The Morgan fingerprint density at radius 2 is 2.12 bits per heavy atom. The number of ether oxygens (including phenoxy) is 1. The summed E-state index contributed by atoms with van der Waals surface area (Å²) in [5, 5.41) is 2.93. The van der Waals surface area contributed by atoms with E-state index in [1.807, 2.05) is 27.7 Å². The van der Waals surface area contributed by atoms with Gasteiger partial charge in [-0.05, 0) is 46.6 Å². The maximum Gasteiger partial charge on any atom is 0.407 e. The fourth-order valence-corrected chi connectivity index (χ4v) is 3.22. The largest absolute Gasteiger partial charge is 0.444 e. The molecular formula is C19H28ClFN2O2. The van der Waals surface area contributed by atoms with E-state index >= 15 is 0 Å². The predicted octanol–water partition coefficient (Wildman–Crippen LogP) is 4.92. The molecule has 0 spiro atoms. The second-order valence-corrected chi connectivity index (χ2v) is 7.98. The summed E-state index contributed by atoms with van der Waals surface area (Å²) >= 11 is 5.93. The van der Waals surface area contributed by atoms with Crippen molar-refractivity contribution < 1.29 is 13.9 Å². The van der Waals surface area contributed by atoms with Crippen LogP contribution in [0.25, 0.3) is 0 Å². The molecule has 0 aliphatic heterocycles. The van der Waals surface area contributed by atoms with Gasteiger partial charge < -0.3 is 10.1 Å². The van der Waals surface area contributed by atoms with E-state index in [0.29, 0.717) is 24.7 Å². The summed E-state index contributed by atoms with van der Waals surface area (Å²) in [6, 6.07) is 5.41. The molecule has 1 saturated carbocycles. The molecule has 2 rings (SSSR count). The van der Waals surface area contributed by atoms with Crippen molar-refractivity contribution in [2.24, 2.45) is 0 Å². The summed E-state index contributed by atoms with van der Waals surface area (Å²) in [6.07, 6.45) is 2.95. The van der Waals surface area contributed by atoms with Gasteiger partial charge in [-0.1, -0.05) is 30.2 Å². The number of hydrogen-bond acceptors (Lipinski definition) is 3. The van der Waals surface area contributed by atoms with Gasteiger partial charge in [0.25, 0.3) is 0 Å². The zero-order chi connectivity index (χ0) is 18.6. The SMILES string of the molecule is CC(c1cccc(Cl)c1F)N(CCNC(=O)OC(C)(C)C)C1CCC1. The quantitative estimate of drug-likeness (QED) is 0.772. The number of rotatable bonds is 6. The standard InChI is InChI=1S/C19H28ClFN2O2/c1-13(15-9-6-10-16(20)17(15)21)23(14-7-5-8-14)12-11-22-18(24)25-19(2,3)4/h6,9-10,13-14H,5,7-8,11-12H2,1-4H3,(H,22,24). The molecule has 0 radical (unpaired) electrons. The maximum atomic E-state index is 14.4. The molecule has 1 aliphatic carbocycles. The van der Waals surface area contributed by atoms with Crippen LogP contribution in [0, 0.1) is 5.82 Å². The first-order chi connectivity index (χ1) is 11.7. The molecule has 0 heterocycles. The van der Waals surface area contributed by atoms with Crippen LogP contribution in [0.5, 0.6) is 0 Å². The summed E-state index contributed by atoms with van der Waals surface area (Å²) in [5.74, 6) is -0.360. The molecule has 4 nitrogen and oxygen atoms in total. The topological polar surface area (TPSA) is 41.6 Å². The lowest BCUT2D eigenvalue weighted by Crippen LogP contribution is -2.46. The Morgan fingerprint density at radius 3 is 2.68 bits per heavy atom. The monoisotopic (exact) mass is 370 g/mol. The van der Waals surface area contributed by atoms with Gasteiger partial charge in [0.05, 0.1) is 5.02 Å². The van der Waals surface area contributed by atoms with E-state index in [2.05, 4.69) is 10.2 Å². The number of halogens is 2. The highest BCUT2D eigenvalue weighted by Crippen LogP contribution is 2.34. The second kappa shape index (κ2) is 8.37. The molecule has 6 heteroatoms. The van der Waals surface area contributed by atoms with Gasteiger partial charge in [-0.2, -0.15) is 0 Å². The number of hydrogen-bond donors (Lipinski definition) is 1. The number of nitrogens with one attached hydrogen (secondary N) is 1. The van der Waals surface area contributed by atoms with Gasteiger partial charge in [-0.3, -0.25) is 4.90 Å². The molecule has 0 aromatic heterocycles. The van der Waals surface area contributed by atoms with E-state index < -0.39 is 11.7 Å². The van der Waals surface area contributed by atoms with Crippen molar-refractivity contribution >= 4 is 17.7 Å². The normalized spacial score (nSPS) is 16.4. The zero-order valence-electron chi connectivity index (χ0n) is 15.4. The number of benzene rings is 1. The highest BCUT2D eigenvalue weighted by atomic mass is 35.5. The molecule has 1 unspecified atom stereocenters. The summed E-state index contributed by atoms with van der Waals surface area (Å²) in [7, 11) is 0. The van der Waals surface area contributed by atoms with E-state index in [-0.39, 0.29) is 16.9 Å². The van der Waals surface area contributed by atoms with Crippen LogP contribution in [0.3, 0.4) is 0 Å². The molecule has 1 atom stereocenters. The van der Waals surface area contributed by atoms with E-state index in [0.717, 1.165) is 12.8 Å². The van der Waals surface area contributed by atoms with Crippen molar-refractivity contribution in [1.29, 1.82) is 0 Å². The van der Waals surface area contributed by atoms with Crippen LogP contribution in [-0.2, 0) is 4.74 Å². The van der Waals surface area contributed by atoms with Crippen molar-refractivity contribution in [3.63, 3.8) is 0 Å². The first-order valence-corrected chi connectivity index (χ1v) is 9.23. The maximum absolute atomic E-state index is 14.4. The van der Waals surface area contributed by atoms with Crippen molar-refractivity contribution in [3.05, 3.63) is 34.6 Å². The summed E-state index contributed by atoms with van der Waals surface area (Å²) in [6.45, 7) is 8.57. The average molecular weight is 371 g/mol. The van der Waals surface area contributed by atoms with Crippen LogP contribution in [0.15, 0.2) is 18.2 Å². The lowest BCUT2D eigenvalue weighted by Gasteiger charge is -2.41. The summed E-state index contributed by atoms with van der Waals surface area (Å²) in [5.41, 5.74) is 0.0752. The van der Waals surface area contributed by atoms with Gasteiger partial charge >= 0.3 is 6.09 Å². The smallest absolute Gasteiger partial charge is 0.407 e. The van der Waals surface area contributed by atoms with Crippen molar-refractivity contribution in [2.75, 3.05) is 13.1 Å². The number of alkyl carbamates (subject to hydrolysis) is 1. The molecule has 25 heavy (non-hydrogen) atoms. The summed E-state index contributed by atoms with van der Waals surface area (Å²) < 4.78 is 19.6. The number of carbonyl (C=O) groups is 1. The molecule has 1 N–H and O–H groups in total. The van der Waals surface area contributed by atoms with Gasteiger partial charge in [0.2, 0.25) is 0 Å². The molecule has 1 amide bonds. The number of nitrogens with zero attached hydrogens (tertiary/aromatic N) is 1. The van der Waals surface area contributed by atoms with Gasteiger partial charge in [0, 0.05) is 30.7 Å². The molecule has 0 saturated heterocycles. The van der Waals surface area contributed by atoms with Crippen LogP contribution in [0.1, 0.15) is 58.6 Å². The van der Waals surface area contributed by atoms with Gasteiger partial charge in [0.1, 0.15) is 11.4 Å². The first-order valence-electron chi connectivity index (χ1n) is 8.85. The third-order valence-electron chi connectivity index (χ3n) is 4.51. The molecule has 1 fully saturated rings. The Balaban J connectivity index is 1.99. The van der Waals surface area contributed by atoms with Crippen LogP contribution >= 0.6 is 11.6 Å². The van der Waals surface area contributed by atoms with Crippen molar-refractivity contribution in [1.82, 2.24) is 10.2 Å². The molecule has 140 valence electrons. The molecule has 1 aliphatic rings. The third kappa shape index (κ3) is 5.58. The predicted molar refractivity (Wildman–Crippen MR) is 98.4 cm³/mol. The number of carbonyl (C=O) groups excluding carboxylic acids is 1. The third-order valence-corrected chi connectivity index (χ3v) is 4.80. The highest BCUT2D eigenvalue weighted by molar-refractivity contribution is 6.30. The minimum atomic E-state index is -0.519. The van der Waals surface area contributed by atoms with Crippen molar-refractivity contribution in [3.8, 4) is 0 Å². The molecule has 0 bridgehead atoms. The van der Waals surface area contributed by atoms with E-state index in [1.165, 1.54) is 6.42 Å². The van der Waals surface area contributed by atoms with Gasteiger partial charge in [-0.25, -0.2) is 9.18 Å². The van der Waals surface area contributed by atoms with Crippen LogP contribution in [0.4, 0.5) is 9.18 Å². The Bertz CT molecular complexity index is 600. The van der Waals surface area contributed by atoms with Crippen LogP contribution < -0.4 is 5.32 Å². The Labute approximate surface area is 154 Å². The molecular weight excluding hydrogens is 343 g/mol. The molecule has 1 aromatic rings. The first kappa shape index (κ1) is 20.0. The zero-order valence-corrected chi connectivity index (χ0v) is 16.2. The van der Waals surface area contributed by atoms with E-state index in [9.17, 15) is 9.18 Å².